The Balaban J connectivity index is 2.17. The van der Waals surface area contributed by atoms with Gasteiger partial charge in [-0.2, -0.15) is 0 Å². The van der Waals surface area contributed by atoms with E-state index in [-0.39, 0.29) is 31.0 Å². The number of amides is 2. The Morgan fingerprint density at radius 1 is 1.10 bits per heavy atom. The van der Waals surface area contributed by atoms with Gasteiger partial charge in [-0.3, -0.25) is 9.59 Å². The van der Waals surface area contributed by atoms with E-state index in [0.717, 1.165) is 23.1 Å². The van der Waals surface area contributed by atoms with Gasteiger partial charge >= 0.3 is 0 Å². The Hall–Kier alpha value is -2.53. The molecule has 2 rings (SSSR count). The van der Waals surface area contributed by atoms with Crippen molar-refractivity contribution in [2.75, 3.05) is 6.61 Å². The lowest BCUT2D eigenvalue weighted by Gasteiger charge is -2.29. The van der Waals surface area contributed by atoms with Crippen LogP contribution in [0.15, 0.2) is 42.5 Å². The van der Waals surface area contributed by atoms with Gasteiger partial charge in [0.15, 0.2) is 6.61 Å². The number of nitrogens with one attached hydrogen (secondary N) is 1. The smallest absolute Gasteiger partial charge is 0.261 e. The normalized spacial score (nSPS) is 12.7. The summed E-state index contributed by atoms with van der Waals surface area (Å²) in [6.45, 7) is 9.76. The van der Waals surface area contributed by atoms with E-state index in [9.17, 15) is 9.59 Å². The van der Waals surface area contributed by atoms with Crippen LogP contribution in [0.3, 0.4) is 0 Å². The molecule has 0 saturated carbocycles. The molecule has 1 N–H and O–H groups in total. The van der Waals surface area contributed by atoms with Crippen molar-refractivity contribution in [1.82, 2.24) is 10.2 Å². The zero-order chi connectivity index (χ0) is 22.3. The quantitative estimate of drug-likeness (QED) is 0.629. The summed E-state index contributed by atoms with van der Waals surface area (Å²) in [5, 5.41) is 3.54. The molecule has 0 aliphatic rings. The average Bonchev–Trinajstić information content (AvgIpc) is 2.69. The van der Waals surface area contributed by atoms with Crippen molar-refractivity contribution in [3.63, 3.8) is 0 Å². The molecule has 0 aromatic heterocycles. The SMILES string of the molecule is CC[C@@H](C)NC(=O)[C@@H](C)N(Cc1cccc(Cl)c1)C(=O)COc1cc(C)cc(C)c1. The Kier molecular flexibility index (Phi) is 8.72. The Morgan fingerprint density at radius 3 is 2.37 bits per heavy atom. The van der Waals surface area contributed by atoms with E-state index in [1.165, 1.54) is 4.90 Å². The molecule has 2 aromatic rings. The topological polar surface area (TPSA) is 58.6 Å². The number of benzene rings is 2. The van der Waals surface area contributed by atoms with Gasteiger partial charge in [-0.25, -0.2) is 0 Å². The van der Waals surface area contributed by atoms with E-state index in [1.54, 1.807) is 19.1 Å². The Morgan fingerprint density at radius 2 is 1.77 bits per heavy atom. The lowest BCUT2D eigenvalue weighted by atomic mass is 10.1. The maximum atomic E-state index is 13.1. The molecule has 5 nitrogen and oxygen atoms in total. The fourth-order valence-electron chi connectivity index (χ4n) is 3.12. The molecular weight excluding hydrogens is 400 g/mol. The number of nitrogens with zero attached hydrogens (tertiary/aromatic N) is 1. The summed E-state index contributed by atoms with van der Waals surface area (Å²) in [6, 6.07) is 12.5. The highest BCUT2D eigenvalue weighted by Crippen LogP contribution is 2.18. The number of carbonyl (C=O) groups excluding carboxylic acids is 2. The predicted molar refractivity (Wildman–Crippen MR) is 121 cm³/mol. The molecule has 2 amide bonds. The summed E-state index contributed by atoms with van der Waals surface area (Å²) < 4.78 is 5.76. The molecule has 0 heterocycles. The van der Waals surface area contributed by atoms with Crippen molar-refractivity contribution < 1.29 is 14.3 Å². The third-order valence-electron chi connectivity index (χ3n) is 4.97. The van der Waals surface area contributed by atoms with Gasteiger partial charge in [0.2, 0.25) is 5.91 Å². The molecule has 6 heteroatoms. The number of rotatable bonds is 9. The van der Waals surface area contributed by atoms with Crippen LogP contribution in [0.5, 0.6) is 5.75 Å². The van der Waals surface area contributed by atoms with Crippen molar-refractivity contribution >= 4 is 23.4 Å². The van der Waals surface area contributed by atoms with Gasteiger partial charge in [0, 0.05) is 17.6 Å². The third kappa shape index (κ3) is 7.06. The van der Waals surface area contributed by atoms with Crippen molar-refractivity contribution in [2.24, 2.45) is 0 Å². The highest BCUT2D eigenvalue weighted by atomic mass is 35.5. The van der Waals surface area contributed by atoms with Crippen molar-refractivity contribution in [1.29, 1.82) is 0 Å². The molecule has 2 atom stereocenters. The van der Waals surface area contributed by atoms with Crippen LogP contribution in [0.25, 0.3) is 0 Å². The van der Waals surface area contributed by atoms with Gasteiger partial charge in [-0.05, 0) is 75.1 Å². The molecule has 2 aromatic carbocycles. The third-order valence-corrected chi connectivity index (χ3v) is 5.20. The first-order chi connectivity index (χ1) is 14.2. The first-order valence-corrected chi connectivity index (χ1v) is 10.6. The van der Waals surface area contributed by atoms with Crippen molar-refractivity contribution in [3.8, 4) is 5.75 Å². The lowest BCUT2D eigenvalue weighted by Crippen LogP contribution is -2.50. The van der Waals surface area contributed by atoms with E-state index in [4.69, 9.17) is 16.3 Å². The molecule has 162 valence electrons. The molecule has 0 bridgehead atoms. The predicted octanol–water partition coefficient (Wildman–Crippen LogP) is 4.67. The van der Waals surface area contributed by atoms with Crippen LogP contribution in [0.2, 0.25) is 5.02 Å². The van der Waals surface area contributed by atoms with E-state index < -0.39 is 6.04 Å². The molecule has 0 spiro atoms. The van der Waals surface area contributed by atoms with Crippen LogP contribution in [0, 0.1) is 13.8 Å². The van der Waals surface area contributed by atoms with E-state index in [2.05, 4.69) is 5.32 Å². The second-order valence-corrected chi connectivity index (χ2v) is 8.19. The van der Waals surface area contributed by atoms with Crippen molar-refractivity contribution in [2.45, 2.75) is 59.7 Å². The maximum absolute atomic E-state index is 13.1. The standard InChI is InChI=1S/C24H31ClN2O3/c1-6-18(4)26-24(29)19(5)27(14-20-8-7-9-21(25)13-20)23(28)15-30-22-11-16(2)10-17(3)12-22/h7-13,18-19H,6,14-15H2,1-5H3,(H,26,29)/t18-,19-/m1/s1. The fourth-order valence-corrected chi connectivity index (χ4v) is 3.34. The van der Waals surface area contributed by atoms with Crippen LogP contribution in [0.4, 0.5) is 0 Å². The summed E-state index contributed by atoms with van der Waals surface area (Å²) in [4.78, 5) is 27.3. The molecule has 0 radical (unpaired) electrons. The minimum Gasteiger partial charge on any atom is -0.484 e. The summed E-state index contributed by atoms with van der Waals surface area (Å²) >= 11 is 6.10. The second-order valence-electron chi connectivity index (χ2n) is 7.76. The van der Waals surface area contributed by atoms with Gasteiger partial charge in [0.1, 0.15) is 11.8 Å². The summed E-state index contributed by atoms with van der Waals surface area (Å²) in [7, 11) is 0. The van der Waals surface area contributed by atoms with Crippen LogP contribution >= 0.6 is 11.6 Å². The number of halogens is 1. The highest BCUT2D eigenvalue weighted by molar-refractivity contribution is 6.30. The van der Waals surface area contributed by atoms with E-state index in [0.29, 0.717) is 10.8 Å². The zero-order valence-corrected chi connectivity index (χ0v) is 19.1. The van der Waals surface area contributed by atoms with Gasteiger partial charge in [-0.1, -0.05) is 36.7 Å². The average molecular weight is 431 g/mol. The Labute approximate surface area is 184 Å². The van der Waals surface area contributed by atoms with Crippen LogP contribution in [-0.2, 0) is 16.1 Å². The van der Waals surface area contributed by atoms with Crippen molar-refractivity contribution in [3.05, 3.63) is 64.2 Å². The first-order valence-electron chi connectivity index (χ1n) is 10.2. The van der Waals surface area contributed by atoms with Crippen LogP contribution < -0.4 is 10.1 Å². The second kappa shape index (κ2) is 11.0. The van der Waals surface area contributed by atoms with E-state index in [1.807, 2.05) is 58.0 Å². The van der Waals surface area contributed by atoms with Gasteiger partial charge in [-0.15, -0.1) is 0 Å². The lowest BCUT2D eigenvalue weighted by molar-refractivity contribution is -0.142. The number of hydrogen-bond acceptors (Lipinski definition) is 3. The fraction of sp³-hybridized carbons (Fsp3) is 0.417. The number of aryl methyl sites for hydroxylation is 2. The molecular formula is C24H31ClN2O3. The highest BCUT2D eigenvalue weighted by Gasteiger charge is 2.27. The van der Waals surface area contributed by atoms with Crippen LogP contribution in [0.1, 0.15) is 43.9 Å². The number of hydrogen-bond donors (Lipinski definition) is 1. The van der Waals surface area contributed by atoms with E-state index >= 15 is 0 Å². The first kappa shape index (κ1) is 23.7. The number of ether oxygens (including phenoxy) is 1. The van der Waals surface area contributed by atoms with Gasteiger partial charge in [0.25, 0.3) is 5.91 Å². The molecule has 0 aliphatic heterocycles. The van der Waals surface area contributed by atoms with Gasteiger partial charge in [0.05, 0.1) is 0 Å². The maximum Gasteiger partial charge on any atom is 0.261 e. The largest absolute Gasteiger partial charge is 0.484 e. The molecule has 0 fully saturated rings. The molecule has 0 saturated heterocycles. The zero-order valence-electron chi connectivity index (χ0n) is 18.4. The van der Waals surface area contributed by atoms with Crippen LogP contribution in [-0.4, -0.2) is 35.4 Å². The molecule has 30 heavy (non-hydrogen) atoms. The summed E-state index contributed by atoms with van der Waals surface area (Å²) in [5.41, 5.74) is 2.98. The minimum absolute atomic E-state index is 0.0367. The number of carbonyl (C=O) groups is 2. The molecule has 0 unspecified atom stereocenters. The minimum atomic E-state index is -0.645. The Bertz CT molecular complexity index is 864. The van der Waals surface area contributed by atoms with Gasteiger partial charge < -0.3 is 15.0 Å². The summed E-state index contributed by atoms with van der Waals surface area (Å²) in [6.07, 6.45) is 0.816. The monoisotopic (exact) mass is 430 g/mol. The summed E-state index contributed by atoms with van der Waals surface area (Å²) in [5.74, 6) is 0.187. The molecule has 0 aliphatic carbocycles.